The van der Waals surface area contributed by atoms with Gasteiger partial charge in [0.1, 0.15) is 0 Å². The van der Waals surface area contributed by atoms with E-state index in [-0.39, 0.29) is 5.96 Å². The molecule has 0 saturated carbocycles. The van der Waals surface area contributed by atoms with Crippen LogP contribution in [-0.4, -0.2) is 18.1 Å². The number of rotatable bonds is 2. The second-order valence-electron chi connectivity index (χ2n) is 3.39. The second-order valence-corrected chi connectivity index (χ2v) is 3.39. The number of nitrogens with one attached hydrogen (secondary N) is 1. The predicted octanol–water partition coefficient (Wildman–Crippen LogP) is -0.409. The van der Waals surface area contributed by atoms with E-state index in [9.17, 15) is 0 Å². The van der Waals surface area contributed by atoms with Gasteiger partial charge in [0.15, 0.2) is 5.79 Å². The lowest BCUT2D eigenvalue weighted by Crippen LogP contribution is -2.55. The van der Waals surface area contributed by atoms with Gasteiger partial charge in [-0.15, -0.1) is 0 Å². The molecule has 0 aromatic heterocycles. The third-order valence-corrected chi connectivity index (χ3v) is 1.54. The van der Waals surface area contributed by atoms with Gasteiger partial charge in [0.05, 0.1) is 6.34 Å². The summed E-state index contributed by atoms with van der Waals surface area (Å²) in [6.07, 6.45) is 2.23. The zero-order chi connectivity index (χ0) is 9.19. The molecule has 1 rings (SSSR count). The van der Waals surface area contributed by atoms with Crippen LogP contribution in [0.25, 0.3) is 0 Å². The molecule has 0 amide bonds. The number of aliphatic imine (C=N–C) groups is 2. The molecule has 0 radical (unpaired) electrons. The SMILES string of the molecule is CC(C)CC1(N)N=C(N)N=CN1. The zero-order valence-electron chi connectivity index (χ0n) is 7.41. The van der Waals surface area contributed by atoms with E-state index < -0.39 is 5.79 Å². The molecule has 5 N–H and O–H groups in total. The molecule has 1 heterocycles. The largest absolute Gasteiger partial charge is 0.368 e. The van der Waals surface area contributed by atoms with Gasteiger partial charge in [-0.25, -0.2) is 9.98 Å². The minimum atomic E-state index is -0.764. The molecule has 1 aliphatic heterocycles. The maximum absolute atomic E-state index is 5.88. The van der Waals surface area contributed by atoms with E-state index in [1.165, 1.54) is 6.34 Å². The summed E-state index contributed by atoms with van der Waals surface area (Å²) in [5, 5.41) is 2.88. The summed E-state index contributed by atoms with van der Waals surface area (Å²) in [4.78, 5) is 7.76. The number of hydrogen-bond donors (Lipinski definition) is 3. The van der Waals surface area contributed by atoms with Crippen molar-refractivity contribution in [1.29, 1.82) is 0 Å². The summed E-state index contributed by atoms with van der Waals surface area (Å²) in [6, 6.07) is 0. The third-order valence-electron chi connectivity index (χ3n) is 1.54. The molecule has 1 atom stereocenters. The highest BCUT2D eigenvalue weighted by molar-refractivity contribution is 5.88. The van der Waals surface area contributed by atoms with Crippen molar-refractivity contribution < 1.29 is 0 Å². The lowest BCUT2D eigenvalue weighted by atomic mass is 10.1. The molecule has 1 aliphatic rings. The molecule has 1 unspecified atom stereocenters. The van der Waals surface area contributed by atoms with Gasteiger partial charge in [-0.3, -0.25) is 5.73 Å². The van der Waals surface area contributed by atoms with E-state index in [0.29, 0.717) is 5.92 Å². The average molecular weight is 169 g/mol. The summed E-state index contributed by atoms with van der Waals surface area (Å²) in [7, 11) is 0. The Hall–Kier alpha value is -1.10. The smallest absolute Gasteiger partial charge is 0.220 e. The standard InChI is InChI=1S/C7H15N5/c1-5(2)3-7(9)11-4-10-6(8)12-7/h4-5H,3,9H2,1-2H3,(H3,8,10,11,12). The number of nitrogens with zero attached hydrogens (tertiary/aromatic N) is 2. The van der Waals surface area contributed by atoms with Crippen molar-refractivity contribution in [3.8, 4) is 0 Å². The van der Waals surface area contributed by atoms with E-state index in [2.05, 4.69) is 29.1 Å². The minimum absolute atomic E-state index is 0.233. The van der Waals surface area contributed by atoms with Crippen molar-refractivity contribution in [2.24, 2.45) is 27.4 Å². The number of nitrogens with two attached hydrogens (primary N) is 2. The van der Waals surface area contributed by atoms with Crippen LogP contribution in [-0.2, 0) is 0 Å². The maximum atomic E-state index is 5.88. The molecule has 5 heteroatoms. The van der Waals surface area contributed by atoms with Crippen LogP contribution in [0.15, 0.2) is 9.98 Å². The van der Waals surface area contributed by atoms with E-state index in [1.807, 2.05) is 0 Å². The number of guanidine groups is 1. The van der Waals surface area contributed by atoms with Crippen molar-refractivity contribution in [3.63, 3.8) is 0 Å². The zero-order valence-corrected chi connectivity index (χ0v) is 7.41. The Morgan fingerprint density at radius 3 is 2.83 bits per heavy atom. The molecular formula is C7H15N5. The van der Waals surface area contributed by atoms with Gasteiger partial charge >= 0.3 is 0 Å². The molecule has 0 saturated heterocycles. The van der Waals surface area contributed by atoms with Gasteiger partial charge in [0.25, 0.3) is 0 Å². The molecule has 12 heavy (non-hydrogen) atoms. The van der Waals surface area contributed by atoms with Gasteiger partial charge < -0.3 is 11.1 Å². The Balaban J connectivity index is 2.67. The van der Waals surface area contributed by atoms with Crippen LogP contribution in [0.5, 0.6) is 0 Å². The Kier molecular flexibility index (Phi) is 2.32. The Bertz CT molecular complexity index is 220. The normalized spacial score (nSPS) is 28.5. The first kappa shape index (κ1) is 8.99. The summed E-state index contributed by atoms with van der Waals surface area (Å²) in [6.45, 7) is 4.15. The van der Waals surface area contributed by atoms with Crippen molar-refractivity contribution in [1.82, 2.24) is 5.32 Å². The average Bonchev–Trinajstić information content (AvgIpc) is 1.82. The van der Waals surface area contributed by atoms with Gasteiger partial charge in [-0.05, 0) is 5.92 Å². The fourth-order valence-electron chi connectivity index (χ4n) is 1.20. The molecular weight excluding hydrogens is 154 g/mol. The predicted molar refractivity (Wildman–Crippen MR) is 49.6 cm³/mol. The molecule has 0 fully saturated rings. The van der Waals surface area contributed by atoms with Crippen LogP contribution >= 0.6 is 0 Å². The van der Waals surface area contributed by atoms with Gasteiger partial charge in [-0.2, -0.15) is 0 Å². The highest BCUT2D eigenvalue weighted by atomic mass is 15.3. The lowest BCUT2D eigenvalue weighted by molar-refractivity contribution is 0.329. The number of hydrogen-bond acceptors (Lipinski definition) is 5. The highest BCUT2D eigenvalue weighted by Gasteiger charge is 2.26. The molecule has 0 aliphatic carbocycles. The van der Waals surface area contributed by atoms with Crippen LogP contribution in [0.1, 0.15) is 20.3 Å². The maximum Gasteiger partial charge on any atom is 0.220 e. The van der Waals surface area contributed by atoms with Crippen LogP contribution < -0.4 is 16.8 Å². The topological polar surface area (TPSA) is 88.8 Å². The Labute approximate surface area is 71.9 Å². The molecule has 5 nitrogen and oxygen atoms in total. The van der Waals surface area contributed by atoms with Crippen molar-refractivity contribution >= 4 is 12.3 Å². The fourth-order valence-corrected chi connectivity index (χ4v) is 1.20. The first-order chi connectivity index (χ1) is 5.52. The molecule has 0 bridgehead atoms. The van der Waals surface area contributed by atoms with Crippen LogP contribution in [0, 0.1) is 5.92 Å². The summed E-state index contributed by atoms with van der Waals surface area (Å²) >= 11 is 0. The van der Waals surface area contributed by atoms with Gasteiger partial charge in [0.2, 0.25) is 5.96 Å². The molecule has 68 valence electrons. The first-order valence-corrected chi connectivity index (χ1v) is 3.96. The first-order valence-electron chi connectivity index (χ1n) is 3.96. The van der Waals surface area contributed by atoms with Gasteiger partial charge in [-0.1, -0.05) is 13.8 Å². The van der Waals surface area contributed by atoms with E-state index in [0.717, 1.165) is 6.42 Å². The van der Waals surface area contributed by atoms with E-state index >= 15 is 0 Å². The van der Waals surface area contributed by atoms with Crippen molar-refractivity contribution in [2.45, 2.75) is 26.1 Å². The molecule has 0 aromatic carbocycles. The molecule has 0 aromatic rings. The quantitative estimate of drug-likeness (QED) is 0.525. The van der Waals surface area contributed by atoms with Crippen LogP contribution in [0.2, 0.25) is 0 Å². The summed E-state index contributed by atoms with van der Waals surface area (Å²) in [5.74, 6) is -0.0672. The molecule has 0 spiro atoms. The van der Waals surface area contributed by atoms with Crippen LogP contribution in [0.4, 0.5) is 0 Å². The summed E-state index contributed by atoms with van der Waals surface area (Å²) < 4.78 is 0. The highest BCUT2D eigenvalue weighted by Crippen LogP contribution is 2.13. The third kappa shape index (κ3) is 2.20. The van der Waals surface area contributed by atoms with E-state index in [1.54, 1.807) is 0 Å². The minimum Gasteiger partial charge on any atom is -0.368 e. The van der Waals surface area contributed by atoms with Gasteiger partial charge in [0, 0.05) is 6.42 Å². The lowest BCUT2D eigenvalue weighted by Gasteiger charge is -2.28. The fraction of sp³-hybridized carbons (Fsp3) is 0.714. The van der Waals surface area contributed by atoms with E-state index in [4.69, 9.17) is 11.5 Å². The Morgan fingerprint density at radius 1 is 1.67 bits per heavy atom. The Morgan fingerprint density at radius 2 is 2.33 bits per heavy atom. The van der Waals surface area contributed by atoms with Crippen molar-refractivity contribution in [3.05, 3.63) is 0 Å². The summed E-state index contributed by atoms with van der Waals surface area (Å²) in [5.41, 5.74) is 11.3. The second kappa shape index (κ2) is 3.10. The monoisotopic (exact) mass is 169 g/mol. The van der Waals surface area contributed by atoms with Crippen molar-refractivity contribution in [2.75, 3.05) is 0 Å². The van der Waals surface area contributed by atoms with Crippen LogP contribution in [0.3, 0.4) is 0 Å².